The molecule has 1 aromatic rings. The van der Waals surface area contributed by atoms with Gasteiger partial charge in [0.2, 0.25) is 0 Å². The first kappa shape index (κ1) is 10.8. The molecule has 0 radical (unpaired) electrons. The van der Waals surface area contributed by atoms with Crippen LogP contribution in [0.5, 0.6) is 5.75 Å². The Hall–Kier alpha value is -1.31. The lowest BCUT2D eigenvalue weighted by molar-refractivity contribution is -0.118. The van der Waals surface area contributed by atoms with Gasteiger partial charge in [-0.25, -0.2) is 0 Å². The second-order valence-electron chi connectivity index (χ2n) is 3.28. The van der Waals surface area contributed by atoms with E-state index < -0.39 is 0 Å². The van der Waals surface area contributed by atoms with Crippen LogP contribution in [0.2, 0.25) is 0 Å². The summed E-state index contributed by atoms with van der Waals surface area (Å²) in [6.45, 7) is 2.01. The largest absolute Gasteiger partial charge is 0.496 e. The van der Waals surface area contributed by atoms with Crippen molar-refractivity contribution in [1.82, 2.24) is 0 Å². The topological polar surface area (TPSA) is 26.3 Å². The van der Waals surface area contributed by atoms with Crippen LogP contribution in [0.3, 0.4) is 0 Å². The maximum absolute atomic E-state index is 11.4. The highest BCUT2D eigenvalue weighted by Crippen LogP contribution is 2.18. The predicted octanol–water partition coefficient (Wildman–Crippen LogP) is 2.61. The first-order chi connectivity index (χ1) is 6.77. The molecule has 0 aliphatic carbocycles. The number of hydrogen-bond donors (Lipinski definition) is 0. The summed E-state index contributed by atoms with van der Waals surface area (Å²) in [7, 11) is 1.63. The highest BCUT2D eigenvalue weighted by atomic mass is 16.5. The van der Waals surface area contributed by atoms with Gasteiger partial charge in [0.25, 0.3) is 0 Å². The fourth-order valence-electron chi connectivity index (χ4n) is 1.43. The number of ether oxygens (including phenoxy) is 1. The first-order valence-corrected chi connectivity index (χ1v) is 4.91. The van der Waals surface area contributed by atoms with E-state index >= 15 is 0 Å². The smallest absolute Gasteiger partial charge is 0.137 e. The van der Waals surface area contributed by atoms with Gasteiger partial charge in [-0.05, 0) is 12.5 Å². The number of carbonyl (C=O) groups is 1. The van der Waals surface area contributed by atoms with Crippen LogP contribution in [0, 0.1) is 0 Å². The lowest BCUT2D eigenvalue weighted by Gasteiger charge is -2.06. The minimum Gasteiger partial charge on any atom is -0.496 e. The van der Waals surface area contributed by atoms with Crippen LogP contribution in [0.1, 0.15) is 25.3 Å². The summed E-state index contributed by atoms with van der Waals surface area (Å²) < 4.78 is 5.17. The van der Waals surface area contributed by atoms with E-state index in [4.69, 9.17) is 4.74 Å². The lowest BCUT2D eigenvalue weighted by atomic mass is 10.1. The summed E-state index contributed by atoms with van der Waals surface area (Å²) in [5.74, 6) is 1.08. The molecule has 0 heterocycles. The number of ketones is 1. The van der Waals surface area contributed by atoms with Crippen molar-refractivity contribution in [3.63, 3.8) is 0 Å². The van der Waals surface area contributed by atoms with Crippen LogP contribution in [-0.2, 0) is 11.2 Å². The van der Waals surface area contributed by atoms with E-state index in [0.717, 1.165) is 17.7 Å². The maximum atomic E-state index is 11.4. The Morgan fingerprint density at radius 2 is 2.07 bits per heavy atom. The van der Waals surface area contributed by atoms with E-state index in [9.17, 15) is 4.79 Å². The van der Waals surface area contributed by atoms with Crippen molar-refractivity contribution < 1.29 is 9.53 Å². The van der Waals surface area contributed by atoms with Crippen LogP contribution >= 0.6 is 0 Å². The van der Waals surface area contributed by atoms with Crippen molar-refractivity contribution in [3.8, 4) is 5.75 Å². The van der Waals surface area contributed by atoms with E-state index in [0.29, 0.717) is 12.8 Å². The summed E-state index contributed by atoms with van der Waals surface area (Å²) >= 11 is 0. The van der Waals surface area contributed by atoms with E-state index in [1.54, 1.807) is 7.11 Å². The fourth-order valence-corrected chi connectivity index (χ4v) is 1.43. The molecule has 0 N–H and O–H groups in total. The molecule has 0 aliphatic heterocycles. The molecule has 0 atom stereocenters. The number of hydrogen-bond acceptors (Lipinski definition) is 2. The second-order valence-corrected chi connectivity index (χ2v) is 3.28. The molecule has 0 saturated heterocycles. The molecular weight excluding hydrogens is 176 g/mol. The molecule has 0 unspecified atom stereocenters. The van der Waals surface area contributed by atoms with Crippen LogP contribution in [0.25, 0.3) is 0 Å². The maximum Gasteiger partial charge on any atom is 0.137 e. The van der Waals surface area contributed by atoms with Gasteiger partial charge in [0, 0.05) is 18.4 Å². The monoisotopic (exact) mass is 192 g/mol. The predicted molar refractivity (Wildman–Crippen MR) is 56.6 cm³/mol. The van der Waals surface area contributed by atoms with Crippen LogP contribution < -0.4 is 4.74 Å². The highest BCUT2D eigenvalue weighted by Gasteiger charge is 2.06. The van der Waals surface area contributed by atoms with E-state index in [2.05, 4.69) is 0 Å². The van der Waals surface area contributed by atoms with Crippen LogP contribution in [0.15, 0.2) is 24.3 Å². The summed E-state index contributed by atoms with van der Waals surface area (Å²) in [5.41, 5.74) is 0.980. The summed E-state index contributed by atoms with van der Waals surface area (Å²) in [6.07, 6.45) is 2.05. The zero-order valence-corrected chi connectivity index (χ0v) is 8.75. The molecule has 0 bridgehead atoms. The van der Waals surface area contributed by atoms with Crippen molar-refractivity contribution in [3.05, 3.63) is 29.8 Å². The zero-order valence-electron chi connectivity index (χ0n) is 8.75. The average Bonchev–Trinajstić information content (AvgIpc) is 2.19. The average molecular weight is 192 g/mol. The van der Waals surface area contributed by atoms with Gasteiger partial charge in [-0.15, -0.1) is 0 Å². The Balaban J connectivity index is 2.70. The van der Waals surface area contributed by atoms with Crippen molar-refractivity contribution in [2.24, 2.45) is 0 Å². The Morgan fingerprint density at radius 3 is 2.71 bits per heavy atom. The third-order valence-corrected chi connectivity index (χ3v) is 2.11. The minimum absolute atomic E-state index is 0.275. The van der Waals surface area contributed by atoms with Crippen molar-refractivity contribution in [1.29, 1.82) is 0 Å². The third-order valence-electron chi connectivity index (χ3n) is 2.11. The molecular formula is C12H16O2. The molecule has 76 valence electrons. The number of methoxy groups -OCH3 is 1. The molecule has 1 rings (SSSR count). The zero-order chi connectivity index (χ0) is 10.4. The molecule has 0 fully saturated rings. The van der Waals surface area contributed by atoms with Gasteiger partial charge in [-0.2, -0.15) is 0 Å². The van der Waals surface area contributed by atoms with Gasteiger partial charge in [-0.3, -0.25) is 4.79 Å². The Morgan fingerprint density at radius 1 is 1.36 bits per heavy atom. The third kappa shape index (κ3) is 2.87. The Bertz CT molecular complexity index is 305. The molecule has 0 amide bonds. The number of benzene rings is 1. The Kier molecular flexibility index (Phi) is 4.17. The summed E-state index contributed by atoms with van der Waals surface area (Å²) in [6, 6.07) is 7.66. The first-order valence-electron chi connectivity index (χ1n) is 4.91. The van der Waals surface area contributed by atoms with Gasteiger partial charge < -0.3 is 4.74 Å². The van der Waals surface area contributed by atoms with Gasteiger partial charge in [0.05, 0.1) is 7.11 Å². The van der Waals surface area contributed by atoms with E-state index in [-0.39, 0.29) is 5.78 Å². The lowest BCUT2D eigenvalue weighted by Crippen LogP contribution is -2.03. The van der Waals surface area contributed by atoms with E-state index in [1.165, 1.54) is 0 Å². The summed E-state index contributed by atoms with van der Waals surface area (Å²) in [5, 5.41) is 0. The van der Waals surface area contributed by atoms with Gasteiger partial charge in [0.15, 0.2) is 0 Å². The van der Waals surface area contributed by atoms with E-state index in [1.807, 2.05) is 31.2 Å². The molecule has 2 nitrogen and oxygen atoms in total. The molecule has 2 heteroatoms. The number of rotatable bonds is 5. The molecule has 14 heavy (non-hydrogen) atoms. The summed E-state index contributed by atoms with van der Waals surface area (Å²) in [4.78, 5) is 11.4. The minimum atomic E-state index is 0.275. The number of Topliss-reactive ketones (excluding diaryl/α,β-unsaturated/α-hetero) is 1. The Labute approximate surface area is 84.9 Å². The van der Waals surface area contributed by atoms with Crippen LogP contribution in [-0.4, -0.2) is 12.9 Å². The number of para-hydroxylation sites is 1. The number of carbonyl (C=O) groups excluding carboxylic acids is 1. The van der Waals surface area contributed by atoms with Gasteiger partial charge >= 0.3 is 0 Å². The van der Waals surface area contributed by atoms with Gasteiger partial charge in [0.1, 0.15) is 11.5 Å². The SMILES string of the molecule is CCCC(=O)Cc1ccccc1OC. The van der Waals surface area contributed by atoms with Gasteiger partial charge in [-0.1, -0.05) is 25.1 Å². The van der Waals surface area contributed by atoms with Crippen molar-refractivity contribution >= 4 is 5.78 Å². The van der Waals surface area contributed by atoms with Crippen molar-refractivity contribution in [2.75, 3.05) is 7.11 Å². The molecule has 1 aromatic carbocycles. The normalized spacial score (nSPS) is 9.86. The standard InChI is InChI=1S/C12H16O2/c1-3-6-11(13)9-10-7-4-5-8-12(10)14-2/h4-5,7-8H,3,6,9H2,1-2H3. The highest BCUT2D eigenvalue weighted by molar-refractivity contribution is 5.81. The molecule has 0 saturated carbocycles. The second kappa shape index (κ2) is 5.43. The fraction of sp³-hybridized carbons (Fsp3) is 0.417. The quantitative estimate of drug-likeness (QED) is 0.716. The molecule has 0 spiro atoms. The molecule has 0 aromatic heterocycles. The van der Waals surface area contributed by atoms with Crippen LogP contribution in [0.4, 0.5) is 0 Å². The molecule has 0 aliphatic rings. The van der Waals surface area contributed by atoms with Crippen molar-refractivity contribution in [2.45, 2.75) is 26.2 Å².